The Balaban J connectivity index is 1.55. The second kappa shape index (κ2) is 8.58. The predicted molar refractivity (Wildman–Crippen MR) is 104 cm³/mol. The number of ether oxygens (including phenoxy) is 1. The first-order valence-corrected chi connectivity index (χ1v) is 9.33. The molecule has 0 bridgehead atoms. The van der Waals surface area contributed by atoms with Gasteiger partial charge in [-0.3, -0.25) is 10.1 Å². The average Bonchev–Trinajstić information content (AvgIpc) is 3.10. The quantitative estimate of drug-likeness (QED) is 0.676. The van der Waals surface area contributed by atoms with E-state index in [-0.39, 0.29) is 5.91 Å². The van der Waals surface area contributed by atoms with E-state index in [1.165, 1.54) is 16.9 Å². The summed E-state index contributed by atoms with van der Waals surface area (Å²) in [6.07, 6.45) is 0.168. The Kier molecular flexibility index (Phi) is 5.96. The van der Waals surface area contributed by atoms with E-state index < -0.39 is 6.10 Å². The van der Waals surface area contributed by atoms with Crippen molar-refractivity contribution in [3.8, 4) is 5.75 Å². The van der Waals surface area contributed by atoms with Crippen LogP contribution in [-0.2, 0) is 11.2 Å². The smallest absolute Gasteiger partial charge is 0.266 e. The summed E-state index contributed by atoms with van der Waals surface area (Å²) >= 11 is 1.40. The van der Waals surface area contributed by atoms with Crippen LogP contribution in [0.3, 0.4) is 0 Å². The van der Waals surface area contributed by atoms with E-state index in [2.05, 4.69) is 34.6 Å². The normalized spacial score (nSPS) is 13.0. The molecule has 6 heteroatoms. The number of hydrogen-bond acceptors (Lipinski definition) is 5. The molecule has 0 fully saturated rings. The zero-order valence-electron chi connectivity index (χ0n) is 14.8. The van der Waals surface area contributed by atoms with Crippen molar-refractivity contribution in [2.45, 2.75) is 32.3 Å². The van der Waals surface area contributed by atoms with Crippen LogP contribution in [0.15, 0.2) is 60.7 Å². The number of carbonyl (C=O) groups excluding carboxylic acids is 1. The van der Waals surface area contributed by atoms with Crippen LogP contribution in [0.5, 0.6) is 5.75 Å². The predicted octanol–water partition coefficient (Wildman–Crippen LogP) is 4.29. The van der Waals surface area contributed by atoms with Gasteiger partial charge in [0.2, 0.25) is 5.13 Å². The summed E-state index contributed by atoms with van der Waals surface area (Å²) in [6.45, 7) is 3.87. The summed E-state index contributed by atoms with van der Waals surface area (Å²) in [6, 6.07) is 19.6. The number of aromatic nitrogens is 2. The van der Waals surface area contributed by atoms with Crippen LogP contribution in [0, 0.1) is 0 Å². The second-order valence-corrected chi connectivity index (χ2v) is 7.14. The number of nitrogens with one attached hydrogen (secondary N) is 1. The Morgan fingerprint density at radius 1 is 1.04 bits per heavy atom. The van der Waals surface area contributed by atoms with Gasteiger partial charge in [0.1, 0.15) is 10.8 Å². The van der Waals surface area contributed by atoms with Crippen LogP contribution in [0.4, 0.5) is 5.13 Å². The van der Waals surface area contributed by atoms with E-state index in [0.29, 0.717) is 16.8 Å². The van der Waals surface area contributed by atoms with Gasteiger partial charge in [-0.05, 0) is 30.5 Å². The fraction of sp³-hybridized carbons (Fsp3) is 0.250. The SMILES string of the molecule is C[C@@H](Oc1ccccc1)C(=O)Nc1nnc(C[C@H](C)c2ccccc2)s1. The molecule has 0 radical (unpaired) electrons. The summed E-state index contributed by atoms with van der Waals surface area (Å²) in [5.74, 6) is 0.755. The van der Waals surface area contributed by atoms with E-state index in [4.69, 9.17) is 4.74 Å². The van der Waals surface area contributed by atoms with Crippen molar-refractivity contribution in [2.24, 2.45) is 0 Å². The van der Waals surface area contributed by atoms with Gasteiger partial charge in [0.25, 0.3) is 5.91 Å². The van der Waals surface area contributed by atoms with E-state index in [0.717, 1.165) is 11.4 Å². The molecule has 0 spiro atoms. The molecule has 1 N–H and O–H groups in total. The van der Waals surface area contributed by atoms with Crippen molar-refractivity contribution in [2.75, 3.05) is 5.32 Å². The van der Waals surface area contributed by atoms with Gasteiger partial charge in [-0.15, -0.1) is 10.2 Å². The zero-order chi connectivity index (χ0) is 18.4. The molecule has 0 aliphatic carbocycles. The van der Waals surface area contributed by atoms with Crippen LogP contribution in [0.25, 0.3) is 0 Å². The van der Waals surface area contributed by atoms with Crippen LogP contribution >= 0.6 is 11.3 Å². The van der Waals surface area contributed by atoms with Gasteiger partial charge in [0, 0.05) is 6.42 Å². The second-order valence-electron chi connectivity index (χ2n) is 6.08. The van der Waals surface area contributed by atoms with Crippen LogP contribution in [0.2, 0.25) is 0 Å². The third-order valence-electron chi connectivity index (χ3n) is 3.97. The van der Waals surface area contributed by atoms with Gasteiger partial charge in [0.05, 0.1) is 0 Å². The molecule has 2 atom stereocenters. The van der Waals surface area contributed by atoms with Crippen LogP contribution < -0.4 is 10.1 Å². The number of carbonyl (C=O) groups is 1. The van der Waals surface area contributed by atoms with E-state index in [9.17, 15) is 4.79 Å². The number of benzene rings is 2. The molecule has 26 heavy (non-hydrogen) atoms. The fourth-order valence-electron chi connectivity index (χ4n) is 2.51. The molecule has 3 rings (SSSR count). The van der Waals surface area contributed by atoms with Gasteiger partial charge in [-0.2, -0.15) is 0 Å². The summed E-state index contributed by atoms with van der Waals surface area (Å²) in [5.41, 5.74) is 1.26. The molecule has 1 heterocycles. The summed E-state index contributed by atoms with van der Waals surface area (Å²) in [4.78, 5) is 12.3. The van der Waals surface area contributed by atoms with E-state index in [1.807, 2.05) is 48.5 Å². The molecule has 1 amide bonds. The molecular formula is C20H21N3O2S. The molecule has 0 aliphatic rings. The lowest BCUT2D eigenvalue weighted by Gasteiger charge is -2.13. The highest BCUT2D eigenvalue weighted by atomic mass is 32.1. The first-order chi connectivity index (χ1) is 12.6. The van der Waals surface area contributed by atoms with Crippen LogP contribution in [0.1, 0.15) is 30.3 Å². The number of hydrogen-bond donors (Lipinski definition) is 1. The number of para-hydroxylation sites is 1. The lowest BCUT2D eigenvalue weighted by molar-refractivity contribution is -0.122. The molecule has 0 unspecified atom stereocenters. The molecule has 0 saturated heterocycles. The van der Waals surface area contributed by atoms with Gasteiger partial charge < -0.3 is 4.74 Å². The number of anilines is 1. The minimum Gasteiger partial charge on any atom is -0.481 e. The van der Waals surface area contributed by atoms with Gasteiger partial charge in [-0.1, -0.05) is 66.8 Å². The van der Waals surface area contributed by atoms with Gasteiger partial charge in [0.15, 0.2) is 6.10 Å². The summed E-state index contributed by atoms with van der Waals surface area (Å²) in [7, 11) is 0. The molecule has 1 aromatic heterocycles. The molecule has 5 nitrogen and oxygen atoms in total. The van der Waals surface area contributed by atoms with Crippen molar-refractivity contribution in [1.29, 1.82) is 0 Å². The third-order valence-corrected chi connectivity index (χ3v) is 4.83. The minimum atomic E-state index is -0.618. The highest BCUT2D eigenvalue weighted by Gasteiger charge is 2.17. The summed E-state index contributed by atoms with van der Waals surface area (Å²) in [5, 5.41) is 12.4. The summed E-state index contributed by atoms with van der Waals surface area (Å²) < 4.78 is 5.62. The largest absolute Gasteiger partial charge is 0.481 e. The Morgan fingerprint density at radius 2 is 1.69 bits per heavy atom. The Bertz CT molecular complexity index is 837. The lowest BCUT2D eigenvalue weighted by atomic mass is 9.98. The van der Waals surface area contributed by atoms with Crippen molar-refractivity contribution in [1.82, 2.24) is 10.2 Å². The molecular weight excluding hydrogens is 346 g/mol. The Labute approximate surface area is 157 Å². The van der Waals surface area contributed by atoms with Crippen molar-refractivity contribution in [3.63, 3.8) is 0 Å². The van der Waals surface area contributed by atoms with Crippen molar-refractivity contribution in [3.05, 3.63) is 71.2 Å². The number of amides is 1. The van der Waals surface area contributed by atoms with Crippen molar-refractivity contribution >= 4 is 22.4 Å². The molecule has 0 saturated carbocycles. The third kappa shape index (κ3) is 4.89. The first-order valence-electron chi connectivity index (χ1n) is 8.51. The maximum Gasteiger partial charge on any atom is 0.266 e. The number of rotatable bonds is 7. The van der Waals surface area contributed by atoms with Gasteiger partial charge >= 0.3 is 0 Å². The fourth-order valence-corrected chi connectivity index (χ4v) is 3.38. The molecule has 3 aromatic rings. The highest BCUT2D eigenvalue weighted by molar-refractivity contribution is 7.15. The van der Waals surface area contributed by atoms with Gasteiger partial charge in [-0.25, -0.2) is 0 Å². The lowest BCUT2D eigenvalue weighted by Crippen LogP contribution is -2.30. The van der Waals surface area contributed by atoms with Crippen LogP contribution in [-0.4, -0.2) is 22.2 Å². The molecule has 2 aromatic carbocycles. The Morgan fingerprint density at radius 3 is 2.38 bits per heavy atom. The topological polar surface area (TPSA) is 64.1 Å². The maximum atomic E-state index is 12.3. The van der Waals surface area contributed by atoms with E-state index >= 15 is 0 Å². The van der Waals surface area contributed by atoms with Crippen molar-refractivity contribution < 1.29 is 9.53 Å². The Hall–Kier alpha value is -2.73. The maximum absolute atomic E-state index is 12.3. The molecule has 134 valence electrons. The highest BCUT2D eigenvalue weighted by Crippen LogP contribution is 2.24. The van der Waals surface area contributed by atoms with E-state index in [1.54, 1.807) is 6.92 Å². The molecule has 0 aliphatic heterocycles. The standard InChI is InChI=1S/C20H21N3O2S/c1-14(16-9-5-3-6-10-16)13-18-22-23-20(26-18)21-19(24)15(2)25-17-11-7-4-8-12-17/h3-12,14-15H,13H2,1-2H3,(H,21,23,24)/t14-,15+/m0/s1. The number of nitrogens with zero attached hydrogens (tertiary/aromatic N) is 2. The monoisotopic (exact) mass is 367 g/mol. The average molecular weight is 367 g/mol. The first kappa shape index (κ1) is 18.1. The minimum absolute atomic E-state index is 0.243. The zero-order valence-corrected chi connectivity index (χ0v) is 15.6.